The molecule has 2 amide bonds. The fraction of sp³-hybridized carbons (Fsp3) is 0.154. The Balaban J connectivity index is 1.38. The van der Waals surface area contributed by atoms with Crippen LogP contribution in [0.1, 0.15) is 16.7 Å². The summed E-state index contributed by atoms with van der Waals surface area (Å²) >= 11 is 6.65. The Bertz CT molecular complexity index is 1430. The molecule has 3 aromatic rings. The fourth-order valence-corrected chi connectivity index (χ4v) is 5.27. The van der Waals surface area contributed by atoms with E-state index in [4.69, 9.17) is 20.5 Å². The van der Waals surface area contributed by atoms with Gasteiger partial charge in [0.2, 0.25) is 0 Å². The molecule has 0 aliphatic carbocycles. The molecule has 0 atom stereocenters. The molecule has 0 N–H and O–H groups in total. The van der Waals surface area contributed by atoms with E-state index >= 15 is 0 Å². The minimum Gasteiger partial charge on any atom is -0.491 e. The molecule has 0 bridgehead atoms. The molecule has 1 aliphatic heterocycles. The predicted molar refractivity (Wildman–Crippen MR) is 140 cm³/mol. The largest absolute Gasteiger partial charge is 0.491 e. The summed E-state index contributed by atoms with van der Waals surface area (Å²) in [5, 5.41) is 0.0430. The van der Waals surface area contributed by atoms with Crippen molar-refractivity contribution < 1.29 is 26.9 Å². The van der Waals surface area contributed by atoms with Crippen LogP contribution in [0.25, 0.3) is 6.08 Å². The van der Waals surface area contributed by atoms with E-state index < -0.39 is 16.0 Å². The average molecular weight is 544 g/mol. The number of carbonyl (C=O) groups is 2. The monoisotopic (exact) mass is 543 g/mol. The quantitative estimate of drug-likeness (QED) is 0.260. The Kier molecular flexibility index (Phi) is 7.73. The standard InChI is InChI=1S/C26H22ClNO6S2/c1-17-3-4-18(2)23(15-17)33-14-13-28-25(29)24(35-26(28)30)16-19-5-9-21(10-6-19)34-36(31,32)22-11-7-20(27)8-12-22/h3-12,15-16H,13-14H2,1-2H3/b24-16-. The maximum absolute atomic E-state index is 12.8. The van der Waals surface area contributed by atoms with Gasteiger partial charge in [0.25, 0.3) is 11.1 Å². The number of hydrogen-bond acceptors (Lipinski definition) is 7. The smallest absolute Gasteiger partial charge is 0.339 e. The van der Waals surface area contributed by atoms with Gasteiger partial charge in [0, 0.05) is 5.02 Å². The molecule has 1 fully saturated rings. The summed E-state index contributed by atoms with van der Waals surface area (Å²) < 4.78 is 35.8. The minimum absolute atomic E-state index is 0.0220. The number of halogens is 1. The van der Waals surface area contributed by atoms with E-state index in [9.17, 15) is 18.0 Å². The number of amides is 2. The molecule has 1 aliphatic rings. The first-order valence-corrected chi connectivity index (χ1v) is 13.5. The lowest BCUT2D eigenvalue weighted by molar-refractivity contribution is -0.123. The molecule has 4 rings (SSSR count). The van der Waals surface area contributed by atoms with Gasteiger partial charge in [0.15, 0.2) is 0 Å². The zero-order valence-corrected chi connectivity index (χ0v) is 21.8. The first-order chi connectivity index (χ1) is 17.1. The van der Waals surface area contributed by atoms with Crippen molar-refractivity contribution >= 4 is 50.7 Å². The zero-order chi connectivity index (χ0) is 25.9. The molecule has 0 radical (unpaired) electrons. The van der Waals surface area contributed by atoms with E-state index in [1.165, 1.54) is 36.4 Å². The van der Waals surface area contributed by atoms with Crippen LogP contribution in [-0.2, 0) is 14.9 Å². The highest BCUT2D eigenvalue weighted by atomic mass is 35.5. The van der Waals surface area contributed by atoms with Gasteiger partial charge >= 0.3 is 10.1 Å². The molecule has 0 spiro atoms. The highest BCUT2D eigenvalue weighted by Crippen LogP contribution is 2.32. The second kappa shape index (κ2) is 10.8. The molecule has 1 saturated heterocycles. The molecule has 186 valence electrons. The van der Waals surface area contributed by atoms with Crippen molar-refractivity contribution in [3.8, 4) is 11.5 Å². The Morgan fingerprint density at radius 2 is 1.67 bits per heavy atom. The van der Waals surface area contributed by atoms with Gasteiger partial charge < -0.3 is 8.92 Å². The second-order valence-electron chi connectivity index (χ2n) is 8.01. The summed E-state index contributed by atoms with van der Waals surface area (Å²) in [4.78, 5) is 26.6. The van der Waals surface area contributed by atoms with Crippen LogP contribution in [-0.4, -0.2) is 37.6 Å². The molecule has 0 unspecified atom stereocenters. The lowest BCUT2D eigenvalue weighted by Crippen LogP contribution is -2.32. The molecular formula is C26H22ClNO6S2. The van der Waals surface area contributed by atoms with E-state index in [0.29, 0.717) is 10.6 Å². The number of hydrogen-bond donors (Lipinski definition) is 0. The number of imide groups is 1. The zero-order valence-electron chi connectivity index (χ0n) is 19.4. The van der Waals surface area contributed by atoms with Gasteiger partial charge in [-0.1, -0.05) is 35.9 Å². The van der Waals surface area contributed by atoms with Gasteiger partial charge in [0.05, 0.1) is 11.4 Å². The number of nitrogens with zero attached hydrogens (tertiary/aromatic N) is 1. The van der Waals surface area contributed by atoms with Crippen LogP contribution in [0.4, 0.5) is 4.79 Å². The molecule has 0 aromatic heterocycles. The third-order valence-electron chi connectivity index (χ3n) is 5.28. The summed E-state index contributed by atoms with van der Waals surface area (Å²) in [6, 6.07) is 17.6. The van der Waals surface area contributed by atoms with E-state index in [0.717, 1.165) is 33.5 Å². The maximum atomic E-state index is 12.8. The van der Waals surface area contributed by atoms with Crippen LogP contribution in [0, 0.1) is 13.8 Å². The van der Waals surface area contributed by atoms with Crippen molar-refractivity contribution in [1.29, 1.82) is 0 Å². The summed E-state index contributed by atoms with van der Waals surface area (Å²) in [5.41, 5.74) is 2.65. The highest BCUT2D eigenvalue weighted by molar-refractivity contribution is 8.18. The Morgan fingerprint density at radius 3 is 2.36 bits per heavy atom. The van der Waals surface area contributed by atoms with Gasteiger partial charge in [0.1, 0.15) is 23.0 Å². The van der Waals surface area contributed by atoms with Gasteiger partial charge in [-0.05, 0) is 90.8 Å². The molecule has 36 heavy (non-hydrogen) atoms. The van der Waals surface area contributed by atoms with E-state index in [-0.39, 0.29) is 33.9 Å². The molecule has 10 heteroatoms. The number of ether oxygens (including phenoxy) is 1. The van der Waals surface area contributed by atoms with Crippen molar-refractivity contribution in [3.63, 3.8) is 0 Å². The van der Waals surface area contributed by atoms with Crippen LogP contribution in [0.3, 0.4) is 0 Å². The van der Waals surface area contributed by atoms with Crippen molar-refractivity contribution in [2.45, 2.75) is 18.7 Å². The van der Waals surface area contributed by atoms with Crippen LogP contribution in [0.5, 0.6) is 11.5 Å². The number of carbonyl (C=O) groups excluding carboxylic acids is 2. The van der Waals surface area contributed by atoms with Gasteiger partial charge in [-0.2, -0.15) is 8.42 Å². The number of thioether (sulfide) groups is 1. The predicted octanol–water partition coefficient (Wildman–Crippen LogP) is 5.84. The van der Waals surface area contributed by atoms with Crippen molar-refractivity contribution in [3.05, 3.63) is 93.3 Å². The third kappa shape index (κ3) is 6.10. The summed E-state index contributed by atoms with van der Waals surface area (Å²) in [6.45, 7) is 4.21. The molecule has 1 heterocycles. The van der Waals surface area contributed by atoms with Crippen molar-refractivity contribution in [2.24, 2.45) is 0 Å². The summed E-state index contributed by atoms with van der Waals surface area (Å²) in [7, 11) is -4.02. The first-order valence-electron chi connectivity index (χ1n) is 10.9. The number of benzene rings is 3. The Morgan fingerprint density at radius 1 is 0.972 bits per heavy atom. The van der Waals surface area contributed by atoms with Crippen LogP contribution in [0.2, 0.25) is 5.02 Å². The van der Waals surface area contributed by atoms with E-state index in [1.807, 2.05) is 32.0 Å². The lowest BCUT2D eigenvalue weighted by atomic mass is 10.1. The van der Waals surface area contributed by atoms with Crippen LogP contribution >= 0.6 is 23.4 Å². The van der Waals surface area contributed by atoms with Gasteiger partial charge in [-0.25, -0.2) is 0 Å². The summed E-state index contributed by atoms with van der Waals surface area (Å²) in [5.74, 6) is 0.428. The van der Waals surface area contributed by atoms with E-state index in [1.54, 1.807) is 18.2 Å². The highest BCUT2D eigenvalue weighted by Gasteiger charge is 2.34. The second-order valence-corrected chi connectivity index (χ2v) is 11.0. The van der Waals surface area contributed by atoms with Gasteiger partial charge in [-0.15, -0.1) is 0 Å². The normalized spacial score (nSPS) is 15.0. The van der Waals surface area contributed by atoms with E-state index in [2.05, 4.69) is 0 Å². The van der Waals surface area contributed by atoms with Crippen molar-refractivity contribution in [1.82, 2.24) is 4.90 Å². The Labute approximate surface area is 218 Å². The van der Waals surface area contributed by atoms with Crippen molar-refractivity contribution in [2.75, 3.05) is 13.2 Å². The molecule has 3 aromatic carbocycles. The minimum atomic E-state index is -4.02. The lowest BCUT2D eigenvalue weighted by Gasteiger charge is -2.14. The fourth-order valence-electron chi connectivity index (χ4n) is 3.35. The maximum Gasteiger partial charge on any atom is 0.339 e. The number of aryl methyl sites for hydroxylation is 2. The van der Waals surface area contributed by atoms with Crippen LogP contribution in [0.15, 0.2) is 76.5 Å². The topological polar surface area (TPSA) is 90.0 Å². The molecule has 7 nitrogen and oxygen atoms in total. The first kappa shape index (κ1) is 25.8. The Hall–Kier alpha value is -3.27. The SMILES string of the molecule is Cc1ccc(C)c(OCCN2C(=O)S/C(=C\c3ccc(OS(=O)(=O)c4ccc(Cl)cc4)cc3)C2=O)c1. The summed E-state index contributed by atoms with van der Waals surface area (Å²) in [6.07, 6.45) is 1.58. The number of rotatable bonds is 8. The third-order valence-corrected chi connectivity index (χ3v) is 7.70. The van der Waals surface area contributed by atoms with Gasteiger partial charge in [-0.3, -0.25) is 14.5 Å². The molecular weight excluding hydrogens is 522 g/mol. The average Bonchev–Trinajstić information content (AvgIpc) is 3.10. The molecule has 0 saturated carbocycles. The van der Waals surface area contributed by atoms with Crippen LogP contribution < -0.4 is 8.92 Å².